The second kappa shape index (κ2) is 20.3. The number of carbonyl (C=O) groups excluding carboxylic acids is 3. The van der Waals surface area contributed by atoms with E-state index in [-0.39, 0.29) is 17.9 Å². The Kier molecular flexibility index (Phi) is 18.0. The molecule has 0 saturated carbocycles. The molecule has 0 spiro atoms. The number of benzene rings is 1. The standard InChI is InChI=1S/C21H31N3O2S.C6H11NO.C4H9NO/c1-14(2)16-4-5-17-19(12-16)27-21(24-17)7-6-20(25)23-18(13-22-3)15-8-10-26-11-9-15;1-6(5-8)4-7(2)3;1-3-4(6)5-2/h4-5,12,14-15,18,22H,6-11,13H2,1-3H3,(H,23,25);5H,1,4H2,2-3H3;3H2,1-2H3,(H,5,6). The second-order valence-electron chi connectivity index (χ2n) is 10.7. The highest BCUT2D eigenvalue weighted by atomic mass is 32.1. The van der Waals surface area contributed by atoms with Crippen LogP contribution in [0.15, 0.2) is 30.4 Å². The van der Waals surface area contributed by atoms with Gasteiger partial charge < -0.3 is 25.6 Å². The lowest BCUT2D eigenvalue weighted by Gasteiger charge is -2.31. The van der Waals surface area contributed by atoms with Crippen molar-refractivity contribution >= 4 is 39.7 Å². The molecular formula is C31H51N5O4S. The number of hydrogen-bond acceptors (Lipinski definition) is 8. The molecule has 1 aliphatic rings. The van der Waals surface area contributed by atoms with Crippen LogP contribution in [-0.2, 0) is 25.5 Å². The lowest BCUT2D eigenvalue weighted by atomic mass is 9.91. The summed E-state index contributed by atoms with van der Waals surface area (Å²) in [6.07, 6.45) is 4.57. The van der Waals surface area contributed by atoms with Gasteiger partial charge in [-0.3, -0.25) is 14.4 Å². The normalized spacial score (nSPS) is 14.0. The fourth-order valence-electron chi connectivity index (χ4n) is 4.25. The van der Waals surface area contributed by atoms with Crippen molar-refractivity contribution in [1.82, 2.24) is 25.8 Å². The van der Waals surface area contributed by atoms with Gasteiger partial charge in [-0.25, -0.2) is 4.98 Å². The van der Waals surface area contributed by atoms with Crippen molar-refractivity contribution < 1.29 is 19.1 Å². The Morgan fingerprint density at radius 2 is 1.88 bits per heavy atom. The van der Waals surface area contributed by atoms with Crippen LogP contribution in [0, 0.1) is 5.92 Å². The number of nitrogens with zero attached hydrogens (tertiary/aromatic N) is 2. The maximum atomic E-state index is 12.5. The first-order valence-electron chi connectivity index (χ1n) is 14.4. The van der Waals surface area contributed by atoms with Crippen LogP contribution in [0.2, 0.25) is 0 Å². The highest BCUT2D eigenvalue weighted by Gasteiger charge is 2.25. The van der Waals surface area contributed by atoms with E-state index in [0.29, 0.717) is 43.2 Å². The number of aldehydes is 1. The number of aromatic nitrogens is 1. The van der Waals surface area contributed by atoms with Crippen LogP contribution in [0.3, 0.4) is 0 Å². The highest BCUT2D eigenvalue weighted by molar-refractivity contribution is 7.18. The third kappa shape index (κ3) is 14.7. The van der Waals surface area contributed by atoms with E-state index >= 15 is 0 Å². The molecule has 1 unspecified atom stereocenters. The molecular weight excluding hydrogens is 538 g/mol. The number of ether oxygens (including phenoxy) is 1. The summed E-state index contributed by atoms with van der Waals surface area (Å²) in [6, 6.07) is 6.66. The van der Waals surface area contributed by atoms with Gasteiger partial charge in [0.2, 0.25) is 11.8 Å². The van der Waals surface area contributed by atoms with Crippen LogP contribution in [0.5, 0.6) is 0 Å². The highest BCUT2D eigenvalue weighted by Crippen LogP contribution is 2.27. The van der Waals surface area contributed by atoms with Crippen molar-refractivity contribution in [2.75, 3.05) is 54.5 Å². The van der Waals surface area contributed by atoms with E-state index in [4.69, 9.17) is 9.72 Å². The summed E-state index contributed by atoms with van der Waals surface area (Å²) in [5.41, 5.74) is 2.99. The molecule has 1 aromatic heterocycles. The molecule has 1 saturated heterocycles. The number of rotatable bonds is 12. The molecule has 41 heavy (non-hydrogen) atoms. The van der Waals surface area contributed by atoms with E-state index in [1.807, 2.05) is 33.0 Å². The molecule has 3 rings (SSSR count). The number of likely N-dealkylation sites (N-methyl/N-ethyl adjacent to an activating group) is 2. The molecule has 0 radical (unpaired) electrons. The van der Waals surface area contributed by atoms with Gasteiger partial charge >= 0.3 is 0 Å². The molecule has 2 aromatic rings. The van der Waals surface area contributed by atoms with Gasteiger partial charge in [0.05, 0.1) is 15.2 Å². The number of thiazole rings is 1. The summed E-state index contributed by atoms with van der Waals surface area (Å²) >= 11 is 1.71. The van der Waals surface area contributed by atoms with Gasteiger partial charge in [0.1, 0.15) is 6.29 Å². The quantitative estimate of drug-likeness (QED) is 0.254. The molecule has 2 heterocycles. The Bertz CT molecular complexity index is 1070. The van der Waals surface area contributed by atoms with Crippen LogP contribution in [0.1, 0.15) is 62.9 Å². The Labute approximate surface area is 250 Å². The van der Waals surface area contributed by atoms with Crippen molar-refractivity contribution in [1.29, 1.82) is 0 Å². The number of carbonyl (C=O) groups is 3. The van der Waals surface area contributed by atoms with Gasteiger partial charge in [0, 0.05) is 58.7 Å². The predicted molar refractivity (Wildman–Crippen MR) is 170 cm³/mol. The minimum atomic E-state index is 0.0926. The maximum absolute atomic E-state index is 12.5. The minimum absolute atomic E-state index is 0.0926. The largest absolute Gasteiger partial charge is 0.381 e. The molecule has 1 aliphatic heterocycles. The van der Waals surface area contributed by atoms with Crippen LogP contribution < -0.4 is 16.0 Å². The molecule has 0 bridgehead atoms. The lowest BCUT2D eigenvalue weighted by molar-refractivity contribution is -0.122. The van der Waals surface area contributed by atoms with Crippen molar-refractivity contribution in [2.45, 2.75) is 64.8 Å². The molecule has 0 aliphatic carbocycles. The summed E-state index contributed by atoms with van der Waals surface area (Å²) in [6.45, 7) is 12.8. The summed E-state index contributed by atoms with van der Waals surface area (Å²) in [5, 5.41) is 9.96. The van der Waals surface area contributed by atoms with Crippen molar-refractivity contribution in [3.05, 3.63) is 40.9 Å². The average Bonchev–Trinajstić information content (AvgIpc) is 3.38. The first kappa shape index (κ1) is 36.4. The SMILES string of the molecule is C=C(C=O)CN(C)C.CCC(=O)NC.CNCC(NC(=O)CCc1nc2ccc(C(C)C)cc2s1)C1CCOCC1. The van der Waals surface area contributed by atoms with Crippen LogP contribution in [0.4, 0.5) is 0 Å². The van der Waals surface area contributed by atoms with Crippen LogP contribution >= 0.6 is 11.3 Å². The van der Waals surface area contributed by atoms with Gasteiger partial charge in [-0.05, 0) is 69.1 Å². The Morgan fingerprint density at radius 1 is 1.20 bits per heavy atom. The molecule has 1 fully saturated rings. The zero-order valence-corrected chi connectivity index (χ0v) is 26.9. The molecule has 10 heteroatoms. The lowest BCUT2D eigenvalue weighted by Crippen LogP contribution is -2.47. The zero-order chi connectivity index (χ0) is 30.8. The number of fused-ring (bicyclic) bond motifs is 1. The van der Waals surface area contributed by atoms with Crippen LogP contribution in [0.25, 0.3) is 10.2 Å². The fourth-order valence-corrected chi connectivity index (χ4v) is 5.26. The van der Waals surface area contributed by atoms with Gasteiger partial charge in [-0.1, -0.05) is 33.4 Å². The maximum Gasteiger partial charge on any atom is 0.220 e. The van der Waals surface area contributed by atoms with Crippen LogP contribution in [-0.4, -0.2) is 88.5 Å². The third-order valence-corrected chi connectivity index (χ3v) is 7.66. The molecule has 3 N–H and O–H groups in total. The molecule has 9 nitrogen and oxygen atoms in total. The van der Waals surface area contributed by atoms with Gasteiger partial charge in [0.25, 0.3) is 0 Å². The Morgan fingerprint density at radius 3 is 2.37 bits per heavy atom. The summed E-state index contributed by atoms with van der Waals surface area (Å²) in [5.74, 6) is 1.21. The number of nitrogens with one attached hydrogen (secondary N) is 3. The van der Waals surface area contributed by atoms with Crippen molar-refractivity contribution in [3.63, 3.8) is 0 Å². The van der Waals surface area contributed by atoms with E-state index < -0.39 is 0 Å². The molecule has 2 amide bonds. The van der Waals surface area contributed by atoms with E-state index in [1.165, 1.54) is 10.3 Å². The zero-order valence-electron chi connectivity index (χ0n) is 26.0. The second-order valence-corrected chi connectivity index (χ2v) is 11.8. The number of aryl methyl sites for hydroxylation is 1. The molecule has 1 atom stereocenters. The van der Waals surface area contributed by atoms with E-state index in [0.717, 1.165) is 49.4 Å². The summed E-state index contributed by atoms with van der Waals surface area (Å²) in [4.78, 5) is 39.1. The molecule has 1 aromatic carbocycles. The summed E-state index contributed by atoms with van der Waals surface area (Å²) < 4.78 is 6.66. The Hall–Kier alpha value is -2.66. The third-order valence-electron chi connectivity index (χ3n) is 6.58. The van der Waals surface area contributed by atoms with Gasteiger partial charge in [-0.2, -0.15) is 0 Å². The van der Waals surface area contributed by atoms with E-state index in [9.17, 15) is 14.4 Å². The van der Waals surface area contributed by atoms with Gasteiger partial charge in [0.15, 0.2) is 0 Å². The average molecular weight is 590 g/mol. The first-order valence-corrected chi connectivity index (χ1v) is 15.2. The Balaban J connectivity index is 0.000000497. The topological polar surface area (TPSA) is 113 Å². The predicted octanol–water partition coefficient (Wildman–Crippen LogP) is 3.93. The van der Waals surface area contributed by atoms with E-state index in [2.05, 4.69) is 54.6 Å². The number of amides is 2. The first-order chi connectivity index (χ1) is 19.5. The van der Waals surface area contributed by atoms with Crippen molar-refractivity contribution in [2.24, 2.45) is 5.92 Å². The smallest absolute Gasteiger partial charge is 0.220 e. The van der Waals surface area contributed by atoms with Crippen molar-refractivity contribution in [3.8, 4) is 0 Å². The van der Waals surface area contributed by atoms with E-state index in [1.54, 1.807) is 18.4 Å². The monoisotopic (exact) mass is 589 g/mol. The fraction of sp³-hybridized carbons (Fsp3) is 0.613. The minimum Gasteiger partial charge on any atom is -0.381 e. The number of hydrogen-bond donors (Lipinski definition) is 3. The molecule has 230 valence electrons. The summed E-state index contributed by atoms with van der Waals surface area (Å²) in [7, 11) is 7.36. The van der Waals surface area contributed by atoms with Gasteiger partial charge in [-0.15, -0.1) is 11.3 Å².